The Morgan fingerprint density at radius 2 is 1.47 bits per heavy atom. The fraction of sp³-hybridized carbons (Fsp3) is 1.00. The Morgan fingerprint density at radius 3 is 1.88 bits per heavy atom. The number of hydrogen-bond donors (Lipinski definition) is 0. The van der Waals surface area contributed by atoms with Crippen LogP contribution in [0.15, 0.2) is 0 Å². The predicted molar refractivity (Wildman–Crippen MR) is 78.1 cm³/mol. The summed E-state index contributed by atoms with van der Waals surface area (Å²) in [6.07, 6.45) is 7.18. The van der Waals surface area contributed by atoms with Crippen molar-refractivity contribution in [3.8, 4) is 0 Å². The fourth-order valence-corrected chi connectivity index (χ4v) is 3.68. The number of hydrogen-bond acceptors (Lipinski definition) is 0. The summed E-state index contributed by atoms with van der Waals surface area (Å²) in [5.41, 5.74) is 1.00. The minimum atomic E-state index is 0.498. The summed E-state index contributed by atoms with van der Waals surface area (Å²) in [6, 6.07) is 0. The third-order valence-electron chi connectivity index (χ3n) is 4.96. The summed E-state index contributed by atoms with van der Waals surface area (Å²) in [5.74, 6) is 2.87. The summed E-state index contributed by atoms with van der Waals surface area (Å²) in [6.45, 7) is 17.0. The van der Waals surface area contributed by atoms with E-state index in [2.05, 4.69) is 48.5 Å². The van der Waals surface area contributed by atoms with Crippen LogP contribution in [0.2, 0.25) is 0 Å². The van der Waals surface area contributed by atoms with Crippen LogP contribution in [-0.4, -0.2) is 0 Å². The topological polar surface area (TPSA) is 0 Å². The molecule has 102 valence electrons. The Bertz CT molecular complexity index is 225. The summed E-state index contributed by atoms with van der Waals surface area (Å²) in [7, 11) is 0. The number of unbranched alkanes of at least 4 members (excludes halogenated alkanes) is 1. The van der Waals surface area contributed by atoms with Crippen molar-refractivity contribution in [1.82, 2.24) is 0 Å². The summed E-state index contributed by atoms with van der Waals surface area (Å²) >= 11 is 0. The lowest BCUT2D eigenvalue weighted by molar-refractivity contribution is 0.169. The first kappa shape index (κ1) is 15.1. The zero-order valence-electron chi connectivity index (χ0n) is 13.3. The van der Waals surface area contributed by atoms with E-state index in [0.29, 0.717) is 10.8 Å². The van der Waals surface area contributed by atoms with Crippen molar-refractivity contribution < 1.29 is 0 Å². The van der Waals surface area contributed by atoms with Gasteiger partial charge in [0.25, 0.3) is 0 Å². The average Bonchev–Trinajstić information content (AvgIpc) is 2.56. The number of rotatable bonds is 3. The van der Waals surface area contributed by atoms with Crippen LogP contribution in [0.4, 0.5) is 0 Å². The molecular weight excluding hydrogens is 204 g/mol. The fourth-order valence-electron chi connectivity index (χ4n) is 3.68. The Kier molecular flexibility index (Phi) is 4.72. The molecule has 0 aliphatic heterocycles. The first-order valence-corrected chi connectivity index (χ1v) is 7.66. The second-order valence-corrected chi connectivity index (χ2v) is 8.41. The second kappa shape index (κ2) is 5.33. The van der Waals surface area contributed by atoms with E-state index in [-0.39, 0.29) is 0 Å². The van der Waals surface area contributed by atoms with Crippen molar-refractivity contribution in [2.24, 2.45) is 28.6 Å². The maximum absolute atomic E-state index is 2.45. The van der Waals surface area contributed by atoms with Crippen LogP contribution in [0, 0.1) is 28.6 Å². The molecule has 0 spiro atoms. The van der Waals surface area contributed by atoms with Crippen molar-refractivity contribution in [3.63, 3.8) is 0 Å². The summed E-state index contributed by atoms with van der Waals surface area (Å²) in [4.78, 5) is 0. The van der Waals surface area contributed by atoms with E-state index in [1.54, 1.807) is 0 Å². The van der Waals surface area contributed by atoms with E-state index >= 15 is 0 Å². The van der Waals surface area contributed by atoms with Gasteiger partial charge >= 0.3 is 0 Å². The standard InChI is InChI=1S/C17H34/c1-8-9-10-13-11-14(16(2,3)4)12-15(13)17(5,6)7/h13-15H,8-12H2,1-7H3. The molecule has 0 heteroatoms. The van der Waals surface area contributed by atoms with Crippen LogP contribution in [0.25, 0.3) is 0 Å². The maximum Gasteiger partial charge on any atom is -0.0334 e. The van der Waals surface area contributed by atoms with E-state index in [1.807, 2.05) is 0 Å². The quantitative estimate of drug-likeness (QED) is 0.573. The highest BCUT2D eigenvalue weighted by Gasteiger charge is 2.43. The molecule has 3 unspecified atom stereocenters. The summed E-state index contributed by atoms with van der Waals surface area (Å²) < 4.78 is 0. The van der Waals surface area contributed by atoms with Crippen molar-refractivity contribution in [2.75, 3.05) is 0 Å². The van der Waals surface area contributed by atoms with Gasteiger partial charge in [-0.25, -0.2) is 0 Å². The molecule has 17 heavy (non-hydrogen) atoms. The first-order chi connectivity index (χ1) is 7.66. The Balaban J connectivity index is 2.72. The minimum Gasteiger partial charge on any atom is -0.0654 e. The van der Waals surface area contributed by atoms with E-state index in [1.165, 1.54) is 32.1 Å². The zero-order valence-corrected chi connectivity index (χ0v) is 13.3. The Labute approximate surface area is 110 Å². The van der Waals surface area contributed by atoms with Gasteiger partial charge in [0.05, 0.1) is 0 Å². The van der Waals surface area contributed by atoms with Gasteiger partial charge in [0, 0.05) is 0 Å². The van der Waals surface area contributed by atoms with Crippen molar-refractivity contribution in [1.29, 1.82) is 0 Å². The van der Waals surface area contributed by atoms with Gasteiger partial charge in [0.2, 0.25) is 0 Å². The molecule has 0 radical (unpaired) electrons. The van der Waals surface area contributed by atoms with E-state index < -0.39 is 0 Å². The van der Waals surface area contributed by atoms with E-state index in [0.717, 1.165) is 17.8 Å². The van der Waals surface area contributed by atoms with Gasteiger partial charge in [-0.05, 0) is 41.4 Å². The lowest BCUT2D eigenvalue weighted by Gasteiger charge is -2.33. The summed E-state index contributed by atoms with van der Waals surface area (Å²) in [5, 5.41) is 0. The molecule has 1 aliphatic rings. The maximum atomic E-state index is 2.45. The van der Waals surface area contributed by atoms with Gasteiger partial charge in [-0.15, -0.1) is 0 Å². The molecule has 1 saturated carbocycles. The smallest absolute Gasteiger partial charge is 0.0334 e. The molecule has 0 bridgehead atoms. The van der Waals surface area contributed by atoms with Gasteiger partial charge in [-0.2, -0.15) is 0 Å². The molecule has 0 amide bonds. The molecule has 0 N–H and O–H groups in total. The van der Waals surface area contributed by atoms with E-state index in [4.69, 9.17) is 0 Å². The van der Waals surface area contributed by atoms with Crippen molar-refractivity contribution in [2.45, 2.75) is 80.6 Å². The highest BCUT2D eigenvalue weighted by atomic mass is 14.5. The molecule has 0 heterocycles. The van der Waals surface area contributed by atoms with Crippen LogP contribution < -0.4 is 0 Å². The monoisotopic (exact) mass is 238 g/mol. The normalized spacial score (nSPS) is 30.9. The predicted octanol–water partition coefficient (Wildman–Crippen LogP) is 5.91. The van der Waals surface area contributed by atoms with Gasteiger partial charge in [0.15, 0.2) is 0 Å². The van der Waals surface area contributed by atoms with Crippen LogP contribution in [0.1, 0.15) is 80.6 Å². The molecule has 0 aromatic heterocycles. The van der Waals surface area contributed by atoms with Gasteiger partial charge in [0.1, 0.15) is 0 Å². The Hall–Kier alpha value is 0. The van der Waals surface area contributed by atoms with Gasteiger partial charge in [-0.1, -0.05) is 67.7 Å². The molecule has 0 saturated heterocycles. The Morgan fingerprint density at radius 1 is 0.882 bits per heavy atom. The molecule has 0 aromatic rings. The SMILES string of the molecule is CCCCC1CC(C(C)(C)C)CC1C(C)(C)C. The van der Waals surface area contributed by atoms with Crippen LogP contribution in [0.5, 0.6) is 0 Å². The molecule has 1 fully saturated rings. The van der Waals surface area contributed by atoms with Crippen LogP contribution in [0.3, 0.4) is 0 Å². The zero-order chi connectivity index (χ0) is 13.3. The van der Waals surface area contributed by atoms with Gasteiger partial charge in [-0.3, -0.25) is 0 Å². The molecule has 0 nitrogen and oxygen atoms in total. The van der Waals surface area contributed by atoms with Crippen molar-refractivity contribution in [3.05, 3.63) is 0 Å². The lowest BCUT2D eigenvalue weighted by atomic mass is 9.73. The first-order valence-electron chi connectivity index (χ1n) is 7.66. The largest absolute Gasteiger partial charge is 0.0654 e. The van der Waals surface area contributed by atoms with Crippen LogP contribution >= 0.6 is 0 Å². The third kappa shape index (κ3) is 4.00. The van der Waals surface area contributed by atoms with Crippen LogP contribution in [-0.2, 0) is 0 Å². The third-order valence-corrected chi connectivity index (χ3v) is 4.96. The van der Waals surface area contributed by atoms with Gasteiger partial charge < -0.3 is 0 Å². The molecule has 0 aromatic carbocycles. The minimum absolute atomic E-state index is 0.498. The highest BCUT2D eigenvalue weighted by molar-refractivity contribution is 4.93. The van der Waals surface area contributed by atoms with E-state index in [9.17, 15) is 0 Å². The molecule has 3 atom stereocenters. The molecular formula is C17H34. The lowest BCUT2D eigenvalue weighted by Crippen LogP contribution is -2.24. The molecule has 1 rings (SSSR count). The average molecular weight is 238 g/mol. The molecule has 1 aliphatic carbocycles. The second-order valence-electron chi connectivity index (χ2n) is 8.41. The highest BCUT2D eigenvalue weighted by Crippen LogP contribution is 2.52. The van der Waals surface area contributed by atoms with Crippen molar-refractivity contribution >= 4 is 0 Å².